The Kier molecular flexibility index (Phi) is 5.00. The minimum absolute atomic E-state index is 0.678. The Morgan fingerprint density at radius 2 is 2.20 bits per heavy atom. The normalized spacial score (nSPS) is 14.9. The van der Waals surface area contributed by atoms with Crippen LogP contribution in [0.1, 0.15) is 33.6 Å². The highest BCUT2D eigenvalue weighted by Crippen LogP contribution is 2.14. The van der Waals surface area contributed by atoms with Crippen molar-refractivity contribution in [2.75, 3.05) is 0 Å². The van der Waals surface area contributed by atoms with Gasteiger partial charge in [0, 0.05) is 0 Å². The summed E-state index contributed by atoms with van der Waals surface area (Å²) < 4.78 is 0. The third-order valence-electron chi connectivity index (χ3n) is 1.82. The van der Waals surface area contributed by atoms with Gasteiger partial charge in [0.2, 0.25) is 0 Å². The van der Waals surface area contributed by atoms with Gasteiger partial charge in [0.1, 0.15) is 0 Å². The Bertz CT molecular complexity index is 120. The molecule has 0 heterocycles. The topological polar surface area (TPSA) is 0 Å². The van der Waals surface area contributed by atoms with Gasteiger partial charge in [-0.1, -0.05) is 31.6 Å². The lowest BCUT2D eigenvalue weighted by Crippen LogP contribution is -1.93. The SMILES string of the molecule is C=CCC(C)C(C)=CCC. The summed E-state index contributed by atoms with van der Waals surface area (Å²) >= 11 is 0. The first-order valence-corrected chi connectivity index (χ1v) is 3.99. The summed E-state index contributed by atoms with van der Waals surface area (Å²) in [6.07, 6.45) is 6.52. The van der Waals surface area contributed by atoms with Crippen molar-refractivity contribution in [3.63, 3.8) is 0 Å². The maximum absolute atomic E-state index is 3.72. The van der Waals surface area contributed by atoms with Crippen LogP contribution in [0.4, 0.5) is 0 Å². The Labute approximate surface area is 64.6 Å². The fourth-order valence-electron chi connectivity index (χ4n) is 0.959. The van der Waals surface area contributed by atoms with E-state index in [1.165, 1.54) is 5.57 Å². The lowest BCUT2D eigenvalue weighted by molar-refractivity contribution is 0.691. The van der Waals surface area contributed by atoms with Crippen molar-refractivity contribution in [3.05, 3.63) is 24.3 Å². The van der Waals surface area contributed by atoms with Gasteiger partial charge in [0.05, 0.1) is 0 Å². The molecule has 0 heteroatoms. The van der Waals surface area contributed by atoms with E-state index in [1.807, 2.05) is 6.08 Å². The summed E-state index contributed by atoms with van der Waals surface area (Å²) in [5, 5.41) is 0. The van der Waals surface area contributed by atoms with E-state index in [-0.39, 0.29) is 0 Å². The average molecular weight is 138 g/mol. The fourth-order valence-corrected chi connectivity index (χ4v) is 0.959. The zero-order valence-electron chi connectivity index (χ0n) is 7.35. The van der Waals surface area contributed by atoms with Crippen LogP contribution in [0.5, 0.6) is 0 Å². The molecule has 0 aromatic heterocycles. The van der Waals surface area contributed by atoms with Gasteiger partial charge in [0.15, 0.2) is 0 Å². The minimum atomic E-state index is 0.678. The van der Waals surface area contributed by atoms with Gasteiger partial charge >= 0.3 is 0 Å². The second kappa shape index (κ2) is 5.28. The van der Waals surface area contributed by atoms with Crippen LogP contribution in [-0.4, -0.2) is 0 Å². The highest BCUT2D eigenvalue weighted by molar-refractivity contribution is 5.03. The van der Waals surface area contributed by atoms with Crippen LogP contribution in [0.25, 0.3) is 0 Å². The predicted molar refractivity (Wildman–Crippen MR) is 48.0 cm³/mol. The zero-order valence-corrected chi connectivity index (χ0v) is 7.35. The molecule has 1 unspecified atom stereocenters. The van der Waals surface area contributed by atoms with Crippen molar-refractivity contribution in [1.29, 1.82) is 0 Å². The van der Waals surface area contributed by atoms with Crippen molar-refractivity contribution in [1.82, 2.24) is 0 Å². The van der Waals surface area contributed by atoms with Gasteiger partial charge < -0.3 is 0 Å². The molecule has 0 aliphatic carbocycles. The molecule has 0 nitrogen and oxygen atoms in total. The lowest BCUT2D eigenvalue weighted by Gasteiger charge is -2.07. The minimum Gasteiger partial charge on any atom is -0.103 e. The molecule has 0 aliphatic rings. The number of hydrogen-bond donors (Lipinski definition) is 0. The summed E-state index contributed by atoms with van der Waals surface area (Å²) in [6, 6.07) is 0. The van der Waals surface area contributed by atoms with Crippen LogP contribution >= 0.6 is 0 Å². The summed E-state index contributed by atoms with van der Waals surface area (Å²) in [7, 11) is 0. The van der Waals surface area contributed by atoms with Gasteiger partial charge in [-0.05, 0) is 25.7 Å². The fraction of sp³-hybridized carbons (Fsp3) is 0.600. The molecule has 0 aliphatic heterocycles. The van der Waals surface area contributed by atoms with Crippen molar-refractivity contribution >= 4 is 0 Å². The molecule has 0 bridgehead atoms. The molecule has 0 rings (SSSR count). The smallest absolute Gasteiger partial charge is 0.0200 e. The van der Waals surface area contributed by atoms with Crippen LogP contribution in [0, 0.1) is 5.92 Å². The highest BCUT2D eigenvalue weighted by Gasteiger charge is 1.99. The Hall–Kier alpha value is -0.520. The van der Waals surface area contributed by atoms with E-state index in [4.69, 9.17) is 0 Å². The third kappa shape index (κ3) is 3.49. The molecular weight excluding hydrogens is 120 g/mol. The first-order valence-electron chi connectivity index (χ1n) is 3.99. The van der Waals surface area contributed by atoms with Crippen LogP contribution in [0.2, 0.25) is 0 Å². The van der Waals surface area contributed by atoms with Crippen molar-refractivity contribution in [2.45, 2.75) is 33.6 Å². The Morgan fingerprint density at radius 3 is 2.60 bits per heavy atom. The maximum Gasteiger partial charge on any atom is -0.0200 e. The molecule has 10 heavy (non-hydrogen) atoms. The van der Waals surface area contributed by atoms with E-state index in [0.29, 0.717) is 5.92 Å². The molecule has 0 N–H and O–H groups in total. The summed E-state index contributed by atoms with van der Waals surface area (Å²) in [5.41, 5.74) is 1.49. The second-order valence-corrected chi connectivity index (χ2v) is 2.78. The van der Waals surface area contributed by atoms with Crippen molar-refractivity contribution < 1.29 is 0 Å². The first kappa shape index (κ1) is 9.48. The molecular formula is C10H18. The highest BCUT2D eigenvalue weighted by atomic mass is 14.0. The number of hydrogen-bond acceptors (Lipinski definition) is 0. The van der Waals surface area contributed by atoms with E-state index in [1.54, 1.807) is 0 Å². The van der Waals surface area contributed by atoms with Gasteiger partial charge in [-0.25, -0.2) is 0 Å². The van der Waals surface area contributed by atoms with Crippen LogP contribution < -0.4 is 0 Å². The molecule has 0 saturated heterocycles. The van der Waals surface area contributed by atoms with Gasteiger partial charge in [-0.2, -0.15) is 0 Å². The van der Waals surface area contributed by atoms with Gasteiger partial charge in [0.25, 0.3) is 0 Å². The van der Waals surface area contributed by atoms with E-state index >= 15 is 0 Å². The van der Waals surface area contributed by atoms with Crippen LogP contribution in [0.3, 0.4) is 0 Å². The van der Waals surface area contributed by atoms with Gasteiger partial charge in [-0.3, -0.25) is 0 Å². The molecule has 0 saturated carbocycles. The molecule has 58 valence electrons. The first-order chi connectivity index (χ1) is 4.72. The second-order valence-electron chi connectivity index (χ2n) is 2.78. The van der Waals surface area contributed by atoms with E-state index < -0.39 is 0 Å². The molecule has 0 fully saturated rings. The molecule has 0 aromatic rings. The molecule has 0 radical (unpaired) electrons. The molecule has 0 aromatic carbocycles. The maximum atomic E-state index is 3.72. The van der Waals surface area contributed by atoms with Gasteiger partial charge in [-0.15, -0.1) is 6.58 Å². The Morgan fingerprint density at radius 1 is 1.60 bits per heavy atom. The largest absolute Gasteiger partial charge is 0.103 e. The third-order valence-corrected chi connectivity index (χ3v) is 1.82. The van der Waals surface area contributed by atoms with Crippen LogP contribution in [0.15, 0.2) is 24.3 Å². The summed E-state index contributed by atoms with van der Waals surface area (Å²) in [6.45, 7) is 10.3. The van der Waals surface area contributed by atoms with E-state index in [9.17, 15) is 0 Å². The van der Waals surface area contributed by atoms with Crippen molar-refractivity contribution in [3.8, 4) is 0 Å². The number of rotatable bonds is 4. The van der Waals surface area contributed by atoms with E-state index in [2.05, 4.69) is 33.4 Å². The monoisotopic (exact) mass is 138 g/mol. The quantitative estimate of drug-likeness (QED) is 0.521. The summed E-state index contributed by atoms with van der Waals surface area (Å²) in [5.74, 6) is 0.678. The van der Waals surface area contributed by atoms with Crippen LogP contribution in [-0.2, 0) is 0 Å². The molecule has 0 spiro atoms. The molecule has 1 atom stereocenters. The Balaban J connectivity index is 3.79. The predicted octanol–water partition coefficient (Wildman–Crippen LogP) is 3.55. The standard InChI is InChI=1S/C10H18/c1-5-7-9(3)10(4)8-6-2/h5,8-9H,1,6-7H2,2-4H3. The molecule has 0 amide bonds. The number of allylic oxidation sites excluding steroid dienone is 3. The zero-order chi connectivity index (χ0) is 7.98. The van der Waals surface area contributed by atoms with E-state index in [0.717, 1.165) is 12.8 Å². The van der Waals surface area contributed by atoms with Crippen molar-refractivity contribution in [2.24, 2.45) is 5.92 Å². The lowest BCUT2D eigenvalue weighted by atomic mass is 9.98. The summed E-state index contributed by atoms with van der Waals surface area (Å²) in [4.78, 5) is 0. The average Bonchev–Trinajstić information content (AvgIpc) is 1.89.